The molecule has 0 radical (unpaired) electrons. The molecule has 8 heteroatoms. The van der Waals surface area contributed by atoms with Crippen LogP contribution in [0.2, 0.25) is 0 Å². The third kappa shape index (κ3) is 2.60. The number of aromatic nitrogens is 2. The number of nitrogens with zero attached hydrogens (tertiary/aromatic N) is 2. The number of aryl methyl sites for hydroxylation is 1. The fourth-order valence-corrected chi connectivity index (χ4v) is 5.20. The van der Waals surface area contributed by atoms with Gasteiger partial charge in [-0.2, -0.15) is 0 Å². The number of cyclic esters (lactones) is 1. The first kappa shape index (κ1) is 20.9. The minimum absolute atomic E-state index is 0.0239. The second kappa shape index (κ2) is 6.93. The predicted octanol–water partition coefficient (Wildman–Crippen LogP) is 3.54. The van der Waals surface area contributed by atoms with E-state index in [1.54, 1.807) is 23.8 Å². The predicted molar refractivity (Wildman–Crippen MR) is 125 cm³/mol. The van der Waals surface area contributed by atoms with Crippen molar-refractivity contribution in [1.82, 2.24) is 9.55 Å². The van der Waals surface area contributed by atoms with Crippen molar-refractivity contribution in [2.24, 2.45) is 0 Å². The number of hydrogen-bond acceptors (Lipinski definition) is 7. The lowest BCUT2D eigenvalue weighted by Crippen LogP contribution is -2.44. The van der Waals surface area contributed by atoms with E-state index in [4.69, 9.17) is 19.2 Å². The average Bonchev–Trinajstić information content (AvgIpc) is 3.18. The van der Waals surface area contributed by atoms with Crippen LogP contribution in [0.3, 0.4) is 0 Å². The van der Waals surface area contributed by atoms with Crippen molar-refractivity contribution in [2.45, 2.75) is 59.0 Å². The Bertz CT molecular complexity index is 1520. The number of benzene rings is 1. The quantitative estimate of drug-likeness (QED) is 0.467. The summed E-state index contributed by atoms with van der Waals surface area (Å²) in [5.41, 5.74) is 3.17. The summed E-state index contributed by atoms with van der Waals surface area (Å²) in [5.74, 6) is 0.574. The lowest BCUT2D eigenvalue weighted by atomic mass is 9.86. The van der Waals surface area contributed by atoms with E-state index in [1.165, 1.54) is 0 Å². The maximum Gasteiger partial charge on any atom is 0.343 e. The van der Waals surface area contributed by atoms with Crippen LogP contribution >= 0.6 is 0 Å². The summed E-state index contributed by atoms with van der Waals surface area (Å²) >= 11 is 0. The van der Waals surface area contributed by atoms with Crippen molar-refractivity contribution >= 4 is 22.9 Å². The van der Waals surface area contributed by atoms with Gasteiger partial charge < -0.3 is 23.9 Å². The molecule has 8 nitrogen and oxygen atoms in total. The molecule has 3 aliphatic heterocycles. The second-order valence-electron chi connectivity index (χ2n) is 9.29. The van der Waals surface area contributed by atoms with Gasteiger partial charge in [0.05, 0.1) is 46.8 Å². The van der Waals surface area contributed by atoms with Gasteiger partial charge in [0.15, 0.2) is 17.1 Å². The largest absolute Gasteiger partial charge is 0.487 e. The first-order valence-electron chi connectivity index (χ1n) is 11.4. The van der Waals surface area contributed by atoms with Crippen LogP contribution in [0.1, 0.15) is 55.0 Å². The summed E-state index contributed by atoms with van der Waals surface area (Å²) in [6.07, 6.45) is 3.59. The average molecular weight is 460 g/mol. The van der Waals surface area contributed by atoms with E-state index in [-0.39, 0.29) is 24.7 Å². The number of carbonyl (C=O) groups excluding carboxylic acids is 1. The van der Waals surface area contributed by atoms with Crippen LogP contribution in [-0.2, 0) is 28.3 Å². The molecule has 1 atom stereocenters. The fourth-order valence-electron chi connectivity index (χ4n) is 5.20. The van der Waals surface area contributed by atoms with Crippen LogP contribution in [-0.4, -0.2) is 26.7 Å². The summed E-state index contributed by atoms with van der Waals surface area (Å²) in [6, 6.07) is 3.69. The van der Waals surface area contributed by atoms with E-state index in [2.05, 4.69) is 0 Å². The first-order valence-corrected chi connectivity index (χ1v) is 11.4. The minimum Gasteiger partial charge on any atom is -0.487 e. The summed E-state index contributed by atoms with van der Waals surface area (Å²) in [7, 11) is 0. The van der Waals surface area contributed by atoms with E-state index < -0.39 is 11.6 Å². The highest BCUT2D eigenvalue weighted by Gasteiger charge is 2.45. The van der Waals surface area contributed by atoms with Crippen molar-refractivity contribution in [3.63, 3.8) is 0 Å². The maximum atomic E-state index is 13.5. The monoisotopic (exact) mass is 460 g/mol. The van der Waals surface area contributed by atoms with Gasteiger partial charge in [0.2, 0.25) is 0 Å². The molecule has 2 aromatic heterocycles. The van der Waals surface area contributed by atoms with Gasteiger partial charge in [-0.3, -0.25) is 4.79 Å². The van der Waals surface area contributed by atoms with Gasteiger partial charge in [-0.25, -0.2) is 9.78 Å². The highest BCUT2D eigenvalue weighted by molar-refractivity contribution is 6.00. The Morgan fingerprint density at radius 2 is 2.06 bits per heavy atom. The molecule has 0 unspecified atom stereocenters. The third-order valence-electron chi connectivity index (χ3n) is 6.89. The molecule has 0 spiro atoms. The summed E-state index contributed by atoms with van der Waals surface area (Å²) in [5, 5.41) is 11.9. The Kier molecular flexibility index (Phi) is 4.26. The van der Waals surface area contributed by atoms with E-state index in [9.17, 15) is 14.7 Å². The molecule has 3 aliphatic rings. The van der Waals surface area contributed by atoms with Gasteiger partial charge in [0.1, 0.15) is 6.61 Å². The van der Waals surface area contributed by atoms with Gasteiger partial charge in [-0.05, 0) is 56.5 Å². The Hall–Kier alpha value is -3.65. The zero-order valence-electron chi connectivity index (χ0n) is 19.4. The molecule has 0 aliphatic carbocycles. The number of ether oxygens (including phenoxy) is 3. The lowest BCUT2D eigenvalue weighted by Gasteiger charge is -2.31. The molecule has 174 valence electrons. The molecular weight excluding hydrogens is 436 g/mol. The Labute approximate surface area is 195 Å². The summed E-state index contributed by atoms with van der Waals surface area (Å²) < 4.78 is 18.8. The molecule has 3 aromatic rings. The van der Waals surface area contributed by atoms with Crippen molar-refractivity contribution in [3.05, 3.63) is 56.6 Å². The van der Waals surface area contributed by atoms with Crippen LogP contribution < -0.4 is 15.0 Å². The number of carbonyl (C=O) groups is 1. The Balaban J connectivity index is 1.64. The lowest BCUT2D eigenvalue weighted by molar-refractivity contribution is -0.172. The van der Waals surface area contributed by atoms with Gasteiger partial charge in [0.25, 0.3) is 5.56 Å². The van der Waals surface area contributed by atoms with Crippen molar-refractivity contribution in [2.75, 3.05) is 0 Å². The molecule has 34 heavy (non-hydrogen) atoms. The highest BCUT2D eigenvalue weighted by atomic mass is 16.6. The molecule has 1 aromatic carbocycles. The Morgan fingerprint density at radius 1 is 1.26 bits per heavy atom. The van der Waals surface area contributed by atoms with Crippen LogP contribution in [0, 0.1) is 6.92 Å². The minimum atomic E-state index is -1.85. The van der Waals surface area contributed by atoms with E-state index in [0.717, 1.165) is 27.6 Å². The molecule has 0 fully saturated rings. The molecular formula is C26H24N2O6. The molecule has 0 saturated carbocycles. The number of hydrogen-bond donors (Lipinski definition) is 1. The zero-order chi connectivity index (χ0) is 23.9. The maximum absolute atomic E-state index is 13.5. The first-order chi connectivity index (χ1) is 16.2. The SMILES string of the molecule is CC[C@@]1(O)C(=O)OCc2c1cc1n(c2=O)Cc2c-1nc1cc(C)c(OC(C)C)c3c1c2C=CO3. The molecule has 0 amide bonds. The highest BCUT2D eigenvalue weighted by Crippen LogP contribution is 2.47. The van der Waals surface area contributed by atoms with Gasteiger partial charge >= 0.3 is 5.97 Å². The van der Waals surface area contributed by atoms with E-state index in [0.29, 0.717) is 40.6 Å². The fraction of sp³-hybridized carbons (Fsp3) is 0.346. The smallest absolute Gasteiger partial charge is 0.343 e. The molecule has 0 bridgehead atoms. The third-order valence-corrected chi connectivity index (χ3v) is 6.89. The summed E-state index contributed by atoms with van der Waals surface area (Å²) in [6.45, 7) is 7.75. The second-order valence-corrected chi connectivity index (χ2v) is 9.29. The van der Waals surface area contributed by atoms with Crippen LogP contribution in [0.4, 0.5) is 0 Å². The molecule has 0 saturated heterocycles. The standard InChI is InChI=1S/C26H24N2O6/c1-5-26(31)17-9-19-21-15(10-28(19)24(29)16(17)11-33-25(26)30)14-6-7-32-23-20(14)18(27-21)8-13(4)22(23)34-12(2)3/h6-9,12,31H,5,10-11H2,1-4H3/t26-/m0/s1. The normalized spacial score (nSPS) is 19.5. The van der Waals surface area contributed by atoms with Gasteiger partial charge in [-0.1, -0.05) is 6.92 Å². The summed E-state index contributed by atoms with van der Waals surface area (Å²) in [4.78, 5) is 30.8. The van der Waals surface area contributed by atoms with Crippen molar-refractivity contribution in [1.29, 1.82) is 0 Å². The van der Waals surface area contributed by atoms with E-state index in [1.807, 2.05) is 32.9 Å². The Morgan fingerprint density at radius 3 is 2.79 bits per heavy atom. The molecule has 5 heterocycles. The van der Waals surface area contributed by atoms with Crippen LogP contribution in [0.5, 0.6) is 11.5 Å². The molecule has 1 N–H and O–H groups in total. The number of rotatable bonds is 3. The number of aliphatic hydroxyl groups is 1. The van der Waals surface area contributed by atoms with Crippen LogP contribution in [0.25, 0.3) is 28.4 Å². The van der Waals surface area contributed by atoms with Crippen molar-refractivity contribution < 1.29 is 24.1 Å². The topological polar surface area (TPSA) is 99.9 Å². The van der Waals surface area contributed by atoms with Crippen LogP contribution in [0.15, 0.2) is 23.2 Å². The van der Waals surface area contributed by atoms with E-state index >= 15 is 0 Å². The number of fused-ring (bicyclic) bond motifs is 5. The zero-order valence-corrected chi connectivity index (χ0v) is 19.4. The van der Waals surface area contributed by atoms with Gasteiger partial charge in [0, 0.05) is 11.1 Å². The van der Waals surface area contributed by atoms with Gasteiger partial charge in [-0.15, -0.1) is 0 Å². The number of esters is 1. The van der Waals surface area contributed by atoms with Crippen molar-refractivity contribution in [3.8, 4) is 22.9 Å². The molecule has 6 rings (SSSR count). The number of pyridine rings is 2.